The van der Waals surface area contributed by atoms with Gasteiger partial charge >= 0.3 is 12.1 Å². The van der Waals surface area contributed by atoms with Crippen LogP contribution in [0.1, 0.15) is 18.4 Å². The van der Waals surface area contributed by atoms with Gasteiger partial charge in [0.1, 0.15) is 5.82 Å². The Kier molecular flexibility index (Phi) is 4.21. The van der Waals surface area contributed by atoms with E-state index in [0.717, 1.165) is 18.2 Å². The number of hydrogen-bond donors (Lipinski definition) is 1. The lowest BCUT2D eigenvalue weighted by Crippen LogP contribution is -2.31. The zero-order valence-electron chi connectivity index (χ0n) is 9.13. The summed E-state index contributed by atoms with van der Waals surface area (Å²) < 4.78 is 51.1. The summed E-state index contributed by atoms with van der Waals surface area (Å²) >= 11 is 5.46. The Bertz CT molecular complexity index is 459. The molecule has 1 aromatic rings. The molecule has 0 aromatic heterocycles. The smallest absolute Gasteiger partial charge is 0.392 e. The quantitative estimate of drug-likeness (QED) is 0.856. The zero-order valence-corrected chi connectivity index (χ0v) is 9.89. The maximum absolute atomic E-state index is 13.5. The molecule has 0 heterocycles. The van der Waals surface area contributed by atoms with Gasteiger partial charge in [-0.2, -0.15) is 13.2 Å². The second-order valence-corrected chi connectivity index (χ2v) is 4.25. The minimum Gasteiger partial charge on any atom is -0.481 e. The molecule has 0 radical (unpaired) electrons. The molecule has 0 amide bonds. The summed E-state index contributed by atoms with van der Waals surface area (Å²) in [4.78, 5) is 10.9. The van der Waals surface area contributed by atoms with Gasteiger partial charge in [0, 0.05) is 10.6 Å². The Hall–Kier alpha value is -1.30. The molecule has 2 nitrogen and oxygen atoms in total. The van der Waals surface area contributed by atoms with E-state index < -0.39 is 35.4 Å². The van der Waals surface area contributed by atoms with Gasteiger partial charge < -0.3 is 5.11 Å². The largest absolute Gasteiger partial charge is 0.481 e. The van der Waals surface area contributed by atoms with Crippen LogP contribution in [-0.4, -0.2) is 17.3 Å². The van der Waals surface area contributed by atoms with Crippen molar-refractivity contribution in [3.8, 4) is 0 Å². The summed E-state index contributed by atoms with van der Waals surface area (Å²) in [6, 6.07) is 2.90. The van der Waals surface area contributed by atoms with E-state index in [2.05, 4.69) is 0 Å². The molecule has 0 aliphatic heterocycles. The number of halogens is 5. The van der Waals surface area contributed by atoms with Crippen LogP contribution in [0.5, 0.6) is 0 Å². The van der Waals surface area contributed by atoms with Crippen molar-refractivity contribution in [3.63, 3.8) is 0 Å². The number of benzene rings is 1. The molecule has 0 fully saturated rings. The maximum Gasteiger partial charge on any atom is 0.392 e. The Labute approximate surface area is 105 Å². The van der Waals surface area contributed by atoms with Gasteiger partial charge in [-0.25, -0.2) is 4.39 Å². The van der Waals surface area contributed by atoms with Gasteiger partial charge in [0.25, 0.3) is 0 Å². The molecule has 2 atom stereocenters. The Morgan fingerprint density at radius 1 is 1.39 bits per heavy atom. The van der Waals surface area contributed by atoms with E-state index >= 15 is 0 Å². The fourth-order valence-corrected chi connectivity index (χ4v) is 1.72. The van der Waals surface area contributed by atoms with E-state index in [1.165, 1.54) is 0 Å². The van der Waals surface area contributed by atoms with Crippen LogP contribution < -0.4 is 0 Å². The van der Waals surface area contributed by atoms with E-state index in [0.29, 0.717) is 6.92 Å². The molecule has 0 saturated heterocycles. The molecular formula is C11H9ClF4O2. The minimum atomic E-state index is -4.73. The highest BCUT2D eigenvalue weighted by molar-refractivity contribution is 6.30. The van der Waals surface area contributed by atoms with Crippen LogP contribution in [0.3, 0.4) is 0 Å². The predicted octanol–water partition coefficient (Wildman–Crippen LogP) is 3.85. The van der Waals surface area contributed by atoms with Crippen molar-refractivity contribution in [1.29, 1.82) is 0 Å². The van der Waals surface area contributed by atoms with Gasteiger partial charge in [0.05, 0.1) is 11.8 Å². The van der Waals surface area contributed by atoms with E-state index in [1.54, 1.807) is 0 Å². The van der Waals surface area contributed by atoms with Gasteiger partial charge in [-0.1, -0.05) is 24.6 Å². The van der Waals surface area contributed by atoms with Crippen LogP contribution in [0.2, 0.25) is 5.02 Å². The topological polar surface area (TPSA) is 37.3 Å². The van der Waals surface area contributed by atoms with Crippen LogP contribution in [0.15, 0.2) is 18.2 Å². The summed E-state index contributed by atoms with van der Waals surface area (Å²) in [5, 5.41) is 8.84. The zero-order chi connectivity index (χ0) is 14.1. The normalized spacial score (nSPS) is 15.2. The molecule has 0 aliphatic rings. The second kappa shape index (κ2) is 5.14. The number of carbonyl (C=O) groups is 1. The van der Waals surface area contributed by atoms with Crippen molar-refractivity contribution in [1.82, 2.24) is 0 Å². The molecule has 1 rings (SSSR count). The highest BCUT2D eigenvalue weighted by Gasteiger charge is 2.45. The summed E-state index contributed by atoms with van der Waals surface area (Å²) in [5.74, 6) is -7.00. The highest BCUT2D eigenvalue weighted by atomic mass is 35.5. The predicted molar refractivity (Wildman–Crippen MR) is 57.0 cm³/mol. The molecule has 1 aromatic carbocycles. The molecule has 7 heteroatoms. The third-order valence-electron chi connectivity index (χ3n) is 2.58. The number of rotatable bonds is 3. The van der Waals surface area contributed by atoms with Crippen LogP contribution in [0.4, 0.5) is 17.6 Å². The number of carboxylic acid groups (broad SMARTS) is 1. The van der Waals surface area contributed by atoms with E-state index in [4.69, 9.17) is 16.7 Å². The molecular weight excluding hydrogens is 276 g/mol. The molecule has 1 unspecified atom stereocenters. The average Bonchev–Trinajstić information content (AvgIpc) is 2.19. The van der Waals surface area contributed by atoms with Gasteiger partial charge in [-0.05, 0) is 12.1 Å². The van der Waals surface area contributed by atoms with Crippen molar-refractivity contribution in [2.75, 3.05) is 0 Å². The number of hydrogen-bond acceptors (Lipinski definition) is 1. The monoisotopic (exact) mass is 284 g/mol. The standard InChI is InChI=1S/C11H9ClF4O2/c1-5(11(14,15)16)9(10(17)18)7-3-2-6(12)4-8(7)13/h2-5,9H,1H3,(H,17,18)/t5-,9?/m1/s1. The minimum absolute atomic E-state index is 0.0138. The fourth-order valence-electron chi connectivity index (χ4n) is 1.56. The van der Waals surface area contributed by atoms with E-state index in [1.807, 2.05) is 0 Å². The van der Waals surface area contributed by atoms with E-state index in [-0.39, 0.29) is 5.02 Å². The number of carboxylic acids is 1. The Balaban J connectivity index is 3.25. The second-order valence-electron chi connectivity index (χ2n) is 3.81. The molecule has 0 bridgehead atoms. The number of aliphatic carboxylic acids is 1. The Morgan fingerprint density at radius 2 is 1.94 bits per heavy atom. The first-order valence-corrected chi connectivity index (χ1v) is 5.27. The summed E-state index contributed by atoms with van der Waals surface area (Å²) in [6.45, 7) is 0.701. The highest BCUT2D eigenvalue weighted by Crippen LogP contribution is 2.38. The van der Waals surface area contributed by atoms with Gasteiger partial charge in [-0.15, -0.1) is 0 Å². The molecule has 18 heavy (non-hydrogen) atoms. The van der Waals surface area contributed by atoms with E-state index in [9.17, 15) is 22.4 Å². The maximum atomic E-state index is 13.5. The molecule has 0 saturated carbocycles. The fraction of sp³-hybridized carbons (Fsp3) is 0.364. The van der Waals surface area contributed by atoms with Crippen LogP contribution in [0.25, 0.3) is 0 Å². The van der Waals surface area contributed by atoms with Crippen molar-refractivity contribution in [3.05, 3.63) is 34.6 Å². The molecule has 0 spiro atoms. The number of alkyl halides is 3. The lowest BCUT2D eigenvalue weighted by atomic mass is 9.86. The van der Waals surface area contributed by atoms with Gasteiger partial charge in [-0.3, -0.25) is 4.79 Å². The van der Waals surface area contributed by atoms with Crippen molar-refractivity contribution < 1.29 is 27.5 Å². The summed E-state index contributed by atoms with van der Waals surface area (Å²) in [5.41, 5.74) is -0.531. The van der Waals surface area contributed by atoms with Crippen molar-refractivity contribution >= 4 is 17.6 Å². The summed E-state index contributed by atoms with van der Waals surface area (Å²) in [7, 11) is 0. The van der Waals surface area contributed by atoms with Crippen LogP contribution in [-0.2, 0) is 4.79 Å². The first-order valence-electron chi connectivity index (χ1n) is 4.89. The molecule has 0 aliphatic carbocycles. The molecule has 1 N–H and O–H groups in total. The summed E-state index contributed by atoms with van der Waals surface area (Å²) in [6.07, 6.45) is -4.73. The van der Waals surface area contributed by atoms with Crippen molar-refractivity contribution in [2.45, 2.75) is 19.0 Å². The molecule has 100 valence electrons. The van der Waals surface area contributed by atoms with Crippen molar-refractivity contribution in [2.24, 2.45) is 5.92 Å². The van der Waals surface area contributed by atoms with Gasteiger partial charge in [0.2, 0.25) is 0 Å². The SMILES string of the molecule is C[C@H](C(C(=O)O)c1ccc(Cl)cc1F)C(F)(F)F. The lowest BCUT2D eigenvalue weighted by molar-refractivity contribution is -0.183. The third-order valence-corrected chi connectivity index (χ3v) is 2.82. The van der Waals surface area contributed by atoms with Crippen LogP contribution >= 0.6 is 11.6 Å². The van der Waals surface area contributed by atoms with Gasteiger partial charge in [0.15, 0.2) is 0 Å². The first-order chi connectivity index (χ1) is 8.14. The van der Waals surface area contributed by atoms with Crippen LogP contribution in [0, 0.1) is 11.7 Å². The lowest BCUT2D eigenvalue weighted by Gasteiger charge is -2.23. The third kappa shape index (κ3) is 3.13. The Morgan fingerprint density at radius 3 is 2.33 bits per heavy atom. The first kappa shape index (κ1) is 14.8. The average molecular weight is 285 g/mol.